The zero-order valence-electron chi connectivity index (χ0n) is 12.1. The van der Waals surface area contributed by atoms with Crippen molar-refractivity contribution in [3.8, 4) is 0 Å². The third-order valence-electron chi connectivity index (χ3n) is 4.37. The van der Waals surface area contributed by atoms with Gasteiger partial charge in [0.25, 0.3) is 0 Å². The second kappa shape index (κ2) is 5.75. The van der Waals surface area contributed by atoms with Crippen LogP contribution in [0.3, 0.4) is 0 Å². The van der Waals surface area contributed by atoms with Crippen LogP contribution in [0.4, 0.5) is 11.8 Å². The highest BCUT2D eigenvalue weighted by molar-refractivity contribution is 7.16. The fraction of sp³-hybridized carbons (Fsp3) is 0.571. The van der Waals surface area contributed by atoms with Crippen LogP contribution in [0.2, 0.25) is 0 Å². The Kier molecular flexibility index (Phi) is 3.97. The normalized spacial score (nSPS) is 26.0. The van der Waals surface area contributed by atoms with Gasteiger partial charge in [0.2, 0.25) is 5.95 Å². The first-order valence-corrected chi connectivity index (χ1v) is 8.15. The topological polar surface area (TPSA) is 96.1 Å². The maximum atomic E-state index is 9.89. The molecule has 0 atom stereocenters. The number of aliphatic hydroxyl groups excluding tert-OH is 1. The molecule has 0 bridgehead atoms. The first kappa shape index (κ1) is 14.5. The van der Waals surface area contributed by atoms with E-state index in [1.165, 1.54) is 0 Å². The monoisotopic (exact) mass is 307 g/mol. The van der Waals surface area contributed by atoms with Gasteiger partial charge in [0.1, 0.15) is 10.6 Å². The quantitative estimate of drug-likeness (QED) is 0.511. The third-order valence-corrected chi connectivity index (χ3v) is 5.18. The number of nitrogens with zero attached hydrogens (tertiary/aromatic N) is 2. The molecular weight excluding hydrogens is 286 g/mol. The molecule has 1 saturated carbocycles. The standard InChI is InChI=1S/C14H21N5OS/c1-9-2-5-14(8-20,6-3-9)18-11-10-4-7-21-12(10)17-13(16-11)19-15/h4,7,9,20H,2-3,5-6,8,15H2,1H3,(H2,16,17,18,19). The SMILES string of the molecule is CC1CCC(CO)(Nc2nc(NN)nc3sccc23)CC1. The van der Waals surface area contributed by atoms with Gasteiger partial charge < -0.3 is 10.4 Å². The number of hydrazine groups is 1. The van der Waals surface area contributed by atoms with Crippen molar-refractivity contribution in [2.75, 3.05) is 17.3 Å². The van der Waals surface area contributed by atoms with Gasteiger partial charge in [-0.15, -0.1) is 11.3 Å². The zero-order valence-corrected chi connectivity index (χ0v) is 12.9. The summed E-state index contributed by atoms with van der Waals surface area (Å²) in [7, 11) is 0. The van der Waals surface area contributed by atoms with Crippen molar-refractivity contribution in [3.05, 3.63) is 11.4 Å². The largest absolute Gasteiger partial charge is 0.394 e. The number of fused-ring (bicyclic) bond motifs is 1. The lowest BCUT2D eigenvalue weighted by molar-refractivity contribution is 0.155. The van der Waals surface area contributed by atoms with Crippen molar-refractivity contribution >= 4 is 33.3 Å². The number of nitrogen functional groups attached to an aromatic ring is 1. The van der Waals surface area contributed by atoms with E-state index >= 15 is 0 Å². The van der Waals surface area contributed by atoms with Gasteiger partial charge in [-0.2, -0.15) is 4.98 Å². The Morgan fingerprint density at radius 3 is 2.86 bits per heavy atom. The Morgan fingerprint density at radius 2 is 2.19 bits per heavy atom. The summed E-state index contributed by atoms with van der Waals surface area (Å²) in [5.74, 6) is 7.31. The van der Waals surface area contributed by atoms with Crippen molar-refractivity contribution in [1.29, 1.82) is 0 Å². The first-order chi connectivity index (χ1) is 10.2. The molecule has 2 heterocycles. The minimum absolute atomic E-state index is 0.112. The van der Waals surface area contributed by atoms with E-state index in [0.29, 0.717) is 5.95 Å². The van der Waals surface area contributed by atoms with Gasteiger partial charge in [0.15, 0.2) is 0 Å². The predicted octanol–water partition coefficient (Wildman–Crippen LogP) is 2.33. The average molecular weight is 307 g/mol. The van der Waals surface area contributed by atoms with Crippen molar-refractivity contribution in [3.63, 3.8) is 0 Å². The van der Waals surface area contributed by atoms with E-state index in [9.17, 15) is 5.11 Å². The van der Waals surface area contributed by atoms with Crippen LogP contribution in [-0.4, -0.2) is 27.2 Å². The van der Waals surface area contributed by atoms with Gasteiger partial charge in [0, 0.05) is 0 Å². The molecule has 1 fully saturated rings. The molecule has 3 rings (SSSR count). The predicted molar refractivity (Wildman–Crippen MR) is 86.3 cm³/mol. The number of aromatic nitrogens is 2. The summed E-state index contributed by atoms with van der Waals surface area (Å²) in [5, 5.41) is 16.3. The summed E-state index contributed by atoms with van der Waals surface area (Å²) >= 11 is 1.55. The summed E-state index contributed by atoms with van der Waals surface area (Å²) < 4.78 is 0. The minimum atomic E-state index is -0.290. The molecule has 114 valence electrons. The molecule has 0 unspecified atom stereocenters. The highest BCUT2D eigenvalue weighted by Gasteiger charge is 2.34. The molecule has 2 aromatic rings. The van der Waals surface area contributed by atoms with E-state index in [1.807, 2.05) is 11.4 Å². The van der Waals surface area contributed by atoms with Gasteiger partial charge in [-0.25, -0.2) is 10.8 Å². The van der Waals surface area contributed by atoms with E-state index in [1.54, 1.807) is 11.3 Å². The summed E-state index contributed by atoms with van der Waals surface area (Å²) in [6, 6.07) is 2.00. The van der Waals surface area contributed by atoms with E-state index in [0.717, 1.165) is 47.6 Å². The lowest BCUT2D eigenvalue weighted by atomic mass is 9.77. The van der Waals surface area contributed by atoms with E-state index in [2.05, 4.69) is 27.6 Å². The molecule has 0 saturated heterocycles. The smallest absolute Gasteiger partial charge is 0.240 e. The van der Waals surface area contributed by atoms with Crippen molar-refractivity contribution in [2.45, 2.75) is 38.1 Å². The molecule has 0 aliphatic heterocycles. The van der Waals surface area contributed by atoms with Gasteiger partial charge in [-0.1, -0.05) is 6.92 Å². The summed E-state index contributed by atoms with van der Waals surface area (Å²) in [4.78, 5) is 9.66. The van der Waals surface area contributed by atoms with E-state index < -0.39 is 0 Å². The molecule has 7 heteroatoms. The highest BCUT2D eigenvalue weighted by atomic mass is 32.1. The lowest BCUT2D eigenvalue weighted by Gasteiger charge is -2.39. The second-order valence-electron chi connectivity index (χ2n) is 5.93. The van der Waals surface area contributed by atoms with Crippen LogP contribution in [0.15, 0.2) is 11.4 Å². The maximum absolute atomic E-state index is 9.89. The van der Waals surface area contributed by atoms with Crippen LogP contribution in [0, 0.1) is 5.92 Å². The van der Waals surface area contributed by atoms with Gasteiger partial charge >= 0.3 is 0 Å². The molecule has 0 spiro atoms. The van der Waals surface area contributed by atoms with Crippen LogP contribution in [0.5, 0.6) is 0 Å². The molecule has 2 aromatic heterocycles. The minimum Gasteiger partial charge on any atom is -0.394 e. The van der Waals surface area contributed by atoms with E-state index in [4.69, 9.17) is 5.84 Å². The van der Waals surface area contributed by atoms with Crippen LogP contribution < -0.4 is 16.6 Å². The van der Waals surface area contributed by atoms with E-state index in [-0.39, 0.29) is 12.1 Å². The highest BCUT2D eigenvalue weighted by Crippen LogP contribution is 2.36. The Bertz CT molecular complexity index is 621. The Hall–Kier alpha value is -1.44. The number of hydrogen-bond acceptors (Lipinski definition) is 7. The molecule has 0 radical (unpaired) electrons. The number of nitrogens with two attached hydrogens (primary N) is 1. The maximum Gasteiger partial charge on any atom is 0.240 e. The Morgan fingerprint density at radius 1 is 1.43 bits per heavy atom. The number of nitrogens with one attached hydrogen (secondary N) is 2. The molecular formula is C14H21N5OS. The van der Waals surface area contributed by atoms with Crippen LogP contribution in [0.1, 0.15) is 32.6 Å². The van der Waals surface area contributed by atoms with Gasteiger partial charge in [0.05, 0.1) is 17.5 Å². The molecule has 1 aliphatic carbocycles. The lowest BCUT2D eigenvalue weighted by Crippen LogP contribution is -2.45. The number of aliphatic hydroxyl groups is 1. The number of anilines is 2. The molecule has 6 nitrogen and oxygen atoms in total. The molecule has 0 amide bonds. The van der Waals surface area contributed by atoms with Crippen molar-refractivity contribution < 1.29 is 5.11 Å². The van der Waals surface area contributed by atoms with Crippen molar-refractivity contribution in [1.82, 2.24) is 9.97 Å². The second-order valence-corrected chi connectivity index (χ2v) is 6.82. The summed E-state index contributed by atoms with van der Waals surface area (Å²) in [5.41, 5.74) is 2.22. The first-order valence-electron chi connectivity index (χ1n) is 7.27. The Labute approximate surface area is 127 Å². The summed E-state index contributed by atoms with van der Waals surface area (Å²) in [6.45, 7) is 2.38. The van der Waals surface area contributed by atoms with Gasteiger partial charge in [-0.05, 0) is 43.0 Å². The number of rotatable bonds is 4. The van der Waals surface area contributed by atoms with Gasteiger partial charge in [-0.3, -0.25) is 5.43 Å². The fourth-order valence-corrected chi connectivity index (χ4v) is 3.67. The Balaban J connectivity index is 1.94. The molecule has 5 N–H and O–H groups in total. The molecule has 0 aromatic carbocycles. The van der Waals surface area contributed by atoms with Crippen molar-refractivity contribution in [2.24, 2.45) is 11.8 Å². The summed E-state index contributed by atoms with van der Waals surface area (Å²) in [6.07, 6.45) is 4.14. The number of thiophene rings is 1. The molecule has 1 aliphatic rings. The van der Waals surface area contributed by atoms with Crippen LogP contribution >= 0.6 is 11.3 Å². The third kappa shape index (κ3) is 2.81. The zero-order chi connectivity index (χ0) is 14.9. The number of hydrogen-bond donors (Lipinski definition) is 4. The van der Waals surface area contributed by atoms with Crippen LogP contribution in [-0.2, 0) is 0 Å². The average Bonchev–Trinajstić information content (AvgIpc) is 2.98. The van der Waals surface area contributed by atoms with Crippen LogP contribution in [0.25, 0.3) is 10.2 Å². The fourth-order valence-electron chi connectivity index (χ4n) is 2.90. The molecule has 21 heavy (non-hydrogen) atoms.